The lowest BCUT2D eigenvalue weighted by atomic mass is 9.76. The van der Waals surface area contributed by atoms with Crippen LogP contribution in [0.1, 0.15) is 76.7 Å². The van der Waals surface area contributed by atoms with Gasteiger partial charge in [0.15, 0.2) is 0 Å². The van der Waals surface area contributed by atoms with Crippen LogP contribution in [-0.2, 0) is 5.41 Å². The Balaban J connectivity index is 1.94. The van der Waals surface area contributed by atoms with E-state index in [9.17, 15) is 14.7 Å². The van der Waals surface area contributed by atoms with Crippen molar-refractivity contribution in [3.63, 3.8) is 0 Å². The third-order valence-corrected chi connectivity index (χ3v) is 5.72. The monoisotopic (exact) mass is 334 g/mol. The van der Waals surface area contributed by atoms with Crippen molar-refractivity contribution in [3.8, 4) is 0 Å². The SMILES string of the molecule is C[C@H]1c2ccccc2C(C)(C)C[C@@H]2c3cccc(C(=O)[O-])c3C(=O)N21. The fourth-order valence-electron chi connectivity index (χ4n) is 4.55. The van der Waals surface area contributed by atoms with Crippen LogP contribution in [0.15, 0.2) is 42.5 Å². The summed E-state index contributed by atoms with van der Waals surface area (Å²) < 4.78 is 0. The summed E-state index contributed by atoms with van der Waals surface area (Å²) in [5.74, 6) is -1.50. The first-order chi connectivity index (χ1) is 11.8. The van der Waals surface area contributed by atoms with Crippen molar-refractivity contribution in [1.29, 1.82) is 0 Å². The number of carboxylic acids is 1. The average molecular weight is 334 g/mol. The zero-order valence-electron chi connectivity index (χ0n) is 14.6. The molecule has 0 N–H and O–H groups in total. The molecular formula is C21H20NO3-. The molecule has 0 spiro atoms. The normalized spacial score (nSPS) is 23.5. The zero-order valence-corrected chi connectivity index (χ0v) is 14.6. The number of amides is 1. The standard InChI is InChI=1S/C21H21NO3/c1-12-13-7-4-5-10-16(13)21(2,3)11-17-14-8-6-9-15(20(24)25)18(14)19(23)22(12)17/h4-10,12,17H,11H2,1-3H3,(H,24,25)/p-1/t12-,17+/m0/s1. The smallest absolute Gasteiger partial charge is 0.255 e. The molecule has 0 saturated carbocycles. The Morgan fingerprint density at radius 1 is 1.12 bits per heavy atom. The van der Waals surface area contributed by atoms with Crippen LogP contribution in [0, 0.1) is 0 Å². The predicted octanol–water partition coefficient (Wildman–Crippen LogP) is 2.99. The number of aromatic carboxylic acids is 1. The third-order valence-electron chi connectivity index (χ3n) is 5.72. The van der Waals surface area contributed by atoms with Gasteiger partial charge in [0.25, 0.3) is 5.91 Å². The number of carbonyl (C=O) groups is 2. The molecule has 2 atom stereocenters. The van der Waals surface area contributed by atoms with E-state index >= 15 is 0 Å². The van der Waals surface area contributed by atoms with Gasteiger partial charge in [0, 0.05) is 5.56 Å². The molecular weight excluding hydrogens is 314 g/mol. The minimum Gasteiger partial charge on any atom is -0.545 e. The molecule has 4 heteroatoms. The summed E-state index contributed by atoms with van der Waals surface area (Å²) in [5, 5.41) is 11.5. The number of carboxylic acid groups (broad SMARTS) is 1. The molecule has 2 aliphatic heterocycles. The van der Waals surface area contributed by atoms with Crippen molar-refractivity contribution in [2.24, 2.45) is 0 Å². The van der Waals surface area contributed by atoms with Crippen LogP contribution < -0.4 is 5.11 Å². The summed E-state index contributed by atoms with van der Waals surface area (Å²) in [6.07, 6.45) is 0.754. The molecule has 0 unspecified atom stereocenters. The van der Waals surface area contributed by atoms with Crippen molar-refractivity contribution in [1.82, 2.24) is 4.90 Å². The number of hydrogen-bond donors (Lipinski definition) is 0. The van der Waals surface area contributed by atoms with Gasteiger partial charge in [-0.05, 0) is 35.4 Å². The first-order valence-corrected chi connectivity index (χ1v) is 8.59. The largest absolute Gasteiger partial charge is 0.545 e. The summed E-state index contributed by atoms with van der Waals surface area (Å²) in [6.45, 7) is 6.40. The molecule has 0 radical (unpaired) electrons. The first kappa shape index (κ1) is 15.9. The quantitative estimate of drug-likeness (QED) is 0.805. The van der Waals surface area contributed by atoms with E-state index in [0.717, 1.165) is 17.5 Å². The summed E-state index contributed by atoms with van der Waals surface area (Å²) in [4.78, 5) is 26.5. The molecule has 1 amide bonds. The topological polar surface area (TPSA) is 60.4 Å². The van der Waals surface area contributed by atoms with Gasteiger partial charge in [0.2, 0.25) is 0 Å². The van der Waals surface area contributed by atoms with Crippen LogP contribution in [0.4, 0.5) is 0 Å². The van der Waals surface area contributed by atoms with Gasteiger partial charge in [-0.3, -0.25) is 4.79 Å². The van der Waals surface area contributed by atoms with Crippen molar-refractivity contribution >= 4 is 11.9 Å². The van der Waals surface area contributed by atoms with E-state index in [4.69, 9.17) is 0 Å². The molecule has 4 nitrogen and oxygen atoms in total. The number of benzene rings is 2. The highest BCUT2D eigenvalue weighted by Crippen LogP contribution is 2.51. The van der Waals surface area contributed by atoms with Gasteiger partial charge in [-0.1, -0.05) is 56.3 Å². The highest BCUT2D eigenvalue weighted by molar-refractivity contribution is 6.07. The summed E-state index contributed by atoms with van der Waals surface area (Å²) >= 11 is 0. The van der Waals surface area contributed by atoms with Crippen molar-refractivity contribution in [2.45, 2.75) is 44.7 Å². The van der Waals surface area contributed by atoms with Crippen molar-refractivity contribution in [3.05, 3.63) is 70.3 Å². The lowest BCUT2D eigenvalue weighted by Crippen LogP contribution is -2.31. The maximum atomic E-state index is 13.2. The molecule has 0 aliphatic carbocycles. The van der Waals surface area contributed by atoms with Crippen LogP contribution in [0.3, 0.4) is 0 Å². The molecule has 0 saturated heterocycles. The Morgan fingerprint density at radius 3 is 2.52 bits per heavy atom. The molecule has 0 fully saturated rings. The highest BCUT2D eigenvalue weighted by Gasteiger charge is 2.46. The molecule has 128 valence electrons. The first-order valence-electron chi connectivity index (χ1n) is 8.59. The zero-order chi connectivity index (χ0) is 17.9. The molecule has 0 bridgehead atoms. The van der Waals surface area contributed by atoms with Crippen molar-refractivity contribution < 1.29 is 14.7 Å². The van der Waals surface area contributed by atoms with Gasteiger partial charge in [-0.15, -0.1) is 0 Å². The van der Waals surface area contributed by atoms with E-state index in [2.05, 4.69) is 26.0 Å². The second-order valence-electron chi connectivity index (χ2n) is 7.64. The Bertz CT molecular complexity index is 900. The molecule has 2 heterocycles. The van der Waals surface area contributed by atoms with E-state index in [1.165, 1.54) is 11.6 Å². The molecule has 2 aliphatic rings. The second kappa shape index (κ2) is 5.19. The summed E-state index contributed by atoms with van der Waals surface area (Å²) in [5.41, 5.74) is 3.36. The minimum absolute atomic E-state index is 0.00568. The van der Waals surface area contributed by atoms with E-state index in [0.29, 0.717) is 5.56 Å². The number of nitrogens with zero attached hydrogens (tertiary/aromatic N) is 1. The number of fused-ring (bicyclic) bond motifs is 4. The molecule has 0 aromatic heterocycles. The fraction of sp³-hybridized carbons (Fsp3) is 0.333. The molecule has 25 heavy (non-hydrogen) atoms. The summed E-state index contributed by atoms with van der Waals surface area (Å²) in [7, 11) is 0. The van der Waals surface area contributed by atoms with Gasteiger partial charge in [-0.25, -0.2) is 0 Å². The van der Waals surface area contributed by atoms with Gasteiger partial charge in [0.1, 0.15) is 0 Å². The number of hydrogen-bond acceptors (Lipinski definition) is 3. The Hall–Kier alpha value is -2.62. The van der Waals surface area contributed by atoms with E-state index in [-0.39, 0.29) is 29.0 Å². The van der Waals surface area contributed by atoms with Crippen LogP contribution >= 0.6 is 0 Å². The lowest BCUT2D eigenvalue weighted by Gasteiger charge is -2.31. The Kier molecular flexibility index (Phi) is 3.29. The number of rotatable bonds is 1. The lowest BCUT2D eigenvalue weighted by molar-refractivity contribution is -0.255. The Morgan fingerprint density at radius 2 is 1.80 bits per heavy atom. The minimum atomic E-state index is -1.30. The summed E-state index contributed by atoms with van der Waals surface area (Å²) in [6, 6.07) is 13.0. The van der Waals surface area contributed by atoms with Crippen LogP contribution in [-0.4, -0.2) is 16.8 Å². The molecule has 2 aromatic rings. The second-order valence-corrected chi connectivity index (χ2v) is 7.64. The van der Waals surface area contributed by atoms with Crippen LogP contribution in [0.25, 0.3) is 0 Å². The van der Waals surface area contributed by atoms with Gasteiger partial charge in [-0.2, -0.15) is 0 Å². The maximum Gasteiger partial charge on any atom is 0.255 e. The van der Waals surface area contributed by atoms with E-state index < -0.39 is 5.97 Å². The average Bonchev–Trinajstić information content (AvgIpc) is 2.81. The third kappa shape index (κ3) is 2.13. The fourth-order valence-corrected chi connectivity index (χ4v) is 4.55. The van der Waals surface area contributed by atoms with E-state index in [1.807, 2.05) is 30.0 Å². The van der Waals surface area contributed by atoms with Gasteiger partial charge < -0.3 is 14.8 Å². The molecule has 4 rings (SSSR count). The van der Waals surface area contributed by atoms with Crippen molar-refractivity contribution in [2.75, 3.05) is 0 Å². The highest BCUT2D eigenvalue weighted by atomic mass is 16.4. The predicted molar refractivity (Wildman–Crippen MR) is 92.2 cm³/mol. The number of carbonyl (C=O) groups excluding carboxylic acids is 2. The van der Waals surface area contributed by atoms with Crippen LogP contribution in [0.5, 0.6) is 0 Å². The molecule has 2 aromatic carbocycles. The van der Waals surface area contributed by atoms with Gasteiger partial charge in [0.05, 0.1) is 23.6 Å². The Labute approximate surface area is 147 Å². The van der Waals surface area contributed by atoms with Gasteiger partial charge >= 0.3 is 0 Å². The van der Waals surface area contributed by atoms with E-state index in [1.54, 1.807) is 6.07 Å². The maximum absolute atomic E-state index is 13.2. The van der Waals surface area contributed by atoms with Crippen LogP contribution in [0.2, 0.25) is 0 Å².